The monoisotopic (exact) mass is 131 g/mol. The minimum atomic E-state index is 0. The Hall–Kier alpha value is 0.384. The van der Waals surface area contributed by atoms with Crippen LogP contribution in [0, 0.1) is 0 Å². The van der Waals surface area contributed by atoms with Gasteiger partial charge in [-0.15, -0.1) is 0 Å². The summed E-state index contributed by atoms with van der Waals surface area (Å²) in [6, 6.07) is 0. The van der Waals surface area contributed by atoms with Crippen LogP contribution >= 0.6 is 0 Å². The quantitative estimate of drug-likeness (QED) is 0.413. The Labute approximate surface area is 46.8 Å². The van der Waals surface area contributed by atoms with Crippen LogP contribution < -0.4 is 0 Å². The van der Waals surface area contributed by atoms with E-state index in [9.17, 15) is 0 Å². The molecule has 0 heterocycles. The van der Waals surface area contributed by atoms with Crippen LogP contribution in [0.4, 0.5) is 0 Å². The van der Waals surface area contributed by atoms with Crippen LogP contribution in [0.25, 0.3) is 0 Å². The molecule has 6 heavy (non-hydrogen) atoms. The molecule has 0 aromatic carbocycles. The summed E-state index contributed by atoms with van der Waals surface area (Å²) in [6.07, 6.45) is 0. The molecule has 0 atom stereocenters. The zero-order valence-corrected chi connectivity index (χ0v) is 3.89. The molecule has 0 aromatic rings. The zero-order valence-electron chi connectivity index (χ0n) is 2.49. The third-order valence-corrected chi connectivity index (χ3v) is 0. The van der Waals surface area contributed by atoms with Crippen molar-refractivity contribution in [1.82, 2.24) is 0 Å². The molecule has 0 unspecified atom stereocenters. The third kappa shape index (κ3) is 340. The minimum absolute atomic E-state index is 0. The Morgan fingerprint density at radius 1 is 0.333 bits per heavy atom. The molecule has 6 heteroatoms. The van der Waals surface area contributed by atoms with E-state index in [1.807, 2.05) is 0 Å². The van der Waals surface area contributed by atoms with E-state index in [-0.39, 0.29) is 45.9 Å². The first-order valence-electron chi connectivity index (χ1n) is 0. The summed E-state index contributed by atoms with van der Waals surface area (Å²) in [7, 11) is 0. The van der Waals surface area contributed by atoms with Gasteiger partial charge in [-0.2, -0.15) is 0 Å². The van der Waals surface area contributed by atoms with E-state index in [1.54, 1.807) is 0 Å². The summed E-state index contributed by atoms with van der Waals surface area (Å²) in [4.78, 5) is 0. The summed E-state index contributed by atoms with van der Waals surface area (Å²) < 4.78 is 0. The van der Waals surface area contributed by atoms with Crippen LogP contribution in [0.5, 0.6) is 0 Å². The first-order chi connectivity index (χ1) is 0. The minimum Gasteiger partial charge on any atom is -2.00 e. The molecule has 0 saturated carbocycles. The SMILES string of the molecule is [O-2].[O-2].[O-2].[O-2].[O-2].[V+10]. The predicted molar refractivity (Wildman–Crippen MR) is 3.43 cm³/mol. The molecule has 35 valence electrons. The smallest absolute Gasteiger partial charge is 2.00 e. The molecule has 5 nitrogen and oxygen atoms in total. The molecular weight excluding hydrogens is 131 g/mol. The predicted octanol–water partition coefficient (Wildman–Crippen LogP) is -0.596. The Balaban J connectivity index is 0. The van der Waals surface area contributed by atoms with Crippen molar-refractivity contribution in [2.75, 3.05) is 0 Å². The van der Waals surface area contributed by atoms with Crippen LogP contribution in [-0.4, -0.2) is 0 Å². The molecule has 0 aromatic heterocycles. The van der Waals surface area contributed by atoms with Crippen molar-refractivity contribution in [2.45, 2.75) is 0 Å². The fourth-order valence-electron chi connectivity index (χ4n) is 0. The number of hydrogen-bond acceptors (Lipinski definition) is 0. The molecule has 0 spiro atoms. The maximum absolute atomic E-state index is 0. The fraction of sp³-hybridized carbons (Fsp3) is 0. The van der Waals surface area contributed by atoms with Crippen molar-refractivity contribution in [2.24, 2.45) is 0 Å². The maximum Gasteiger partial charge on any atom is 10.0 e. The average Bonchev–Trinajstić information content (AvgIpc) is 0. The van der Waals surface area contributed by atoms with Crippen molar-refractivity contribution >= 4 is 0 Å². The van der Waals surface area contributed by atoms with E-state index in [2.05, 4.69) is 0 Å². The Morgan fingerprint density at radius 3 is 0.333 bits per heavy atom. The van der Waals surface area contributed by atoms with Gasteiger partial charge >= 0.3 is 18.6 Å². The zero-order chi connectivity index (χ0) is 0. The summed E-state index contributed by atoms with van der Waals surface area (Å²) >= 11 is 0. The van der Waals surface area contributed by atoms with E-state index >= 15 is 0 Å². The summed E-state index contributed by atoms with van der Waals surface area (Å²) in [5.41, 5.74) is 0. The van der Waals surface area contributed by atoms with Gasteiger partial charge in [0.05, 0.1) is 0 Å². The second kappa shape index (κ2) is 700. The van der Waals surface area contributed by atoms with Gasteiger partial charge in [-0.1, -0.05) is 0 Å². The van der Waals surface area contributed by atoms with Crippen LogP contribution in [0.2, 0.25) is 0 Å². The standard InChI is InChI=1S/5O.V/q5*-2;+10. The van der Waals surface area contributed by atoms with Gasteiger partial charge in [-0.3, -0.25) is 0 Å². The van der Waals surface area contributed by atoms with Crippen LogP contribution in [0.15, 0.2) is 0 Å². The van der Waals surface area contributed by atoms with Crippen molar-refractivity contribution in [3.8, 4) is 0 Å². The summed E-state index contributed by atoms with van der Waals surface area (Å²) in [5.74, 6) is 0. The second-order valence-electron chi connectivity index (χ2n) is 0. The van der Waals surface area contributed by atoms with Gasteiger partial charge in [0.25, 0.3) is 0 Å². The Bertz CT molecular complexity index is 3.90. The van der Waals surface area contributed by atoms with E-state index < -0.39 is 0 Å². The van der Waals surface area contributed by atoms with Crippen molar-refractivity contribution in [3.05, 3.63) is 0 Å². The van der Waals surface area contributed by atoms with Gasteiger partial charge in [0.15, 0.2) is 0 Å². The van der Waals surface area contributed by atoms with Crippen molar-refractivity contribution < 1.29 is 45.9 Å². The largest absolute Gasteiger partial charge is 10.0 e. The first-order valence-corrected chi connectivity index (χ1v) is 0. The van der Waals surface area contributed by atoms with Crippen LogP contribution in [0.1, 0.15) is 0 Å². The topological polar surface area (TPSA) is 142 Å². The third-order valence-electron chi connectivity index (χ3n) is 0. The van der Waals surface area contributed by atoms with Gasteiger partial charge in [0.1, 0.15) is 0 Å². The molecule has 0 N–H and O–H groups in total. The first kappa shape index (κ1) is 1250. The molecule has 0 rings (SSSR count). The van der Waals surface area contributed by atoms with Crippen LogP contribution in [0.3, 0.4) is 0 Å². The van der Waals surface area contributed by atoms with E-state index in [0.29, 0.717) is 0 Å². The van der Waals surface area contributed by atoms with E-state index in [1.165, 1.54) is 0 Å². The molecule has 0 aliphatic rings. The van der Waals surface area contributed by atoms with Gasteiger partial charge < -0.3 is 27.4 Å². The Morgan fingerprint density at radius 2 is 0.333 bits per heavy atom. The van der Waals surface area contributed by atoms with Gasteiger partial charge in [0, 0.05) is 0 Å². The maximum atomic E-state index is 0. The molecular formula is O5V. The van der Waals surface area contributed by atoms with Gasteiger partial charge in [-0.05, 0) is 0 Å². The van der Waals surface area contributed by atoms with Crippen molar-refractivity contribution in [1.29, 1.82) is 0 Å². The average molecular weight is 131 g/mol. The molecule has 0 radical (unpaired) electrons. The molecule has 0 amide bonds. The summed E-state index contributed by atoms with van der Waals surface area (Å²) in [5, 5.41) is 0. The number of rotatable bonds is 0. The second-order valence-corrected chi connectivity index (χ2v) is 0. The van der Waals surface area contributed by atoms with Gasteiger partial charge in [-0.25, -0.2) is 0 Å². The molecule has 0 aliphatic carbocycles. The summed E-state index contributed by atoms with van der Waals surface area (Å²) in [6.45, 7) is 0. The van der Waals surface area contributed by atoms with E-state index in [4.69, 9.17) is 0 Å². The normalized spacial score (nSPS) is 0. The molecule has 0 bridgehead atoms. The molecule has 0 aliphatic heterocycles. The molecule has 0 saturated heterocycles. The van der Waals surface area contributed by atoms with E-state index in [0.717, 1.165) is 0 Å². The fourth-order valence-corrected chi connectivity index (χ4v) is 0. The van der Waals surface area contributed by atoms with Crippen molar-refractivity contribution in [3.63, 3.8) is 0 Å². The Kier molecular flexibility index (Phi) is 146000. The number of hydrogen-bond donors (Lipinski definition) is 0. The molecule has 0 fully saturated rings. The van der Waals surface area contributed by atoms with Gasteiger partial charge in [0.2, 0.25) is 0 Å². The van der Waals surface area contributed by atoms with Crippen LogP contribution in [-0.2, 0) is 45.9 Å².